The van der Waals surface area contributed by atoms with Crippen LogP contribution < -0.4 is 0 Å². The molecule has 0 fully saturated rings. The molecule has 0 aliphatic carbocycles. The third-order valence-corrected chi connectivity index (χ3v) is 16.2. The maximum Gasteiger partial charge on any atom is -0.172 e. The summed E-state index contributed by atoms with van der Waals surface area (Å²) in [6, 6.07) is 61.2. The molecule has 0 N–H and O–H groups in total. The van der Waals surface area contributed by atoms with E-state index in [0.717, 1.165) is 14.3 Å². The van der Waals surface area contributed by atoms with Gasteiger partial charge in [0.25, 0.3) is 0 Å². The Balaban J connectivity index is 0.000000193. The topological polar surface area (TPSA) is 0 Å². The van der Waals surface area contributed by atoms with Crippen LogP contribution in [-0.4, -0.2) is 3.21 Å². The molecule has 0 aliphatic rings. The Morgan fingerprint density at radius 2 is 0.774 bits per heavy atom. The monoisotopic (exact) mass is 932 g/mol. The van der Waals surface area contributed by atoms with Gasteiger partial charge in [-0.25, -0.2) is 12.1 Å². The Labute approximate surface area is 388 Å². The van der Waals surface area contributed by atoms with Crippen LogP contribution >= 0.6 is 17.0 Å². The summed E-state index contributed by atoms with van der Waals surface area (Å²) in [6.45, 7) is 27.3. The van der Waals surface area contributed by atoms with Gasteiger partial charge in [0.05, 0.1) is 0 Å². The molecule has 0 aromatic heterocycles. The molecule has 0 saturated heterocycles. The smallest absolute Gasteiger partial charge is 0.172 e. The summed E-state index contributed by atoms with van der Waals surface area (Å²) in [6.07, 6.45) is 0. The van der Waals surface area contributed by atoms with Crippen LogP contribution in [0, 0.1) is 0 Å². The summed E-state index contributed by atoms with van der Waals surface area (Å²) in [5.41, 5.74) is 13.4. The fourth-order valence-corrected chi connectivity index (χ4v) is 12.5. The molecule has 320 valence electrons. The van der Waals surface area contributed by atoms with Crippen molar-refractivity contribution in [2.24, 2.45) is 0 Å². The normalized spacial score (nSPS) is 12.0. The van der Waals surface area contributed by atoms with Gasteiger partial charge in [-0.05, 0) is 44.2 Å². The van der Waals surface area contributed by atoms with Gasteiger partial charge < -0.3 is 0 Å². The average molecular weight is 935 g/mol. The molecular weight excluding hydrogens is 871 g/mol. The Morgan fingerprint density at radius 1 is 0.419 bits per heavy atom. The first-order chi connectivity index (χ1) is 29.1. The number of benzene rings is 6. The maximum atomic E-state index is 6.50. The van der Waals surface area contributed by atoms with Gasteiger partial charge in [-0.3, -0.25) is 0 Å². The molecule has 8 aromatic carbocycles. The van der Waals surface area contributed by atoms with Crippen molar-refractivity contribution >= 4 is 41.8 Å². The van der Waals surface area contributed by atoms with Crippen molar-refractivity contribution in [3.8, 4) is 22.3 Å². The zero-order chi connectivity index (χ0) is 45.0. The number of halogens is 2. The second kappa shape index (κ2) is 19.3. The summed E-state index contributed by atoms with van der Waals surface area (Å²) in [5.74, 6) is 0. The zero-order valence-corrected chi connectivity index (χ0v) is 42.9. The summed E-state index contributed by atoms with van der Waals surface area (Å²) in [5, 5.41) is 5.36. The van der Waals surface area contributed by atoms with Crippen LogP contribution in [0.25, 0.3) is 43.8 Å². The van der Waals surface area contributed by atoms with Crippen molar-refractivity contribution in [1.82, 2.24) is 0 Å². The van der Waals surface area contributed by atoms with Crippen LogP contribution in [0.2, 0.25) is 0 Å². The summed E-state index contributed by atoms with van der Waals surface area (Å²) >= 11 is -2.59. The first-order valence-electron chi connectivity index (χ1n) is 21.9. The van der Waals surface area contributed by atoms with Crippen LogP contribution in [0.4, 0.5) is 0 Å². The van der Waals surface area contributed by atoms with Crippen LogP contribution in [-0.2, 0) is 40.5 Å². The second-order valence-corrected chi connectivity index (χ2v) is 28.7. The van der Waals surface area contributed by atoms with Gasteiger partial charge in [-0.2, -0.15) is 18.2 Å². The minimum atomic E-state index is -2.59. The van der Waals surface area contributed by atoms with Crippen molar-refractivity contribution in [3.05, 3.63) is 203 Å². The van der Waals surface area contributed by atoms with Gasteiger partial charge in [-0.15, -0.1) is 39.7 Å². The summed E-state index contributed by atoms with van der Waals surface area (Å²) in [4.78, 5) is 0. The molecule has 0 heterocycles. The molecule has 0 spiro atoms. The van der Waals surface area contributed by atoms with E-state index < -0.39 is 18.9 Å². The summed E-state index contributed by atoms with van der Waals surface area (Å²) in [7, 11) is 13.0. The largest absolute Gasteiger partial charge is 0.214 e. The SMILES string of the molecule is CC(C)(C)c1cc2c(cc1-c1ccccc1)[cH-]c1cc(-c3ccccc3)c(C(C)(C)C)cc12.CC(C)(C)c1ccc([C](c2ccc(C(C)(C)C)cc2)=[Zr]([Cl])[Cl])cc1.c1cc[cH-]c1. The Hall–Kier alpha value is -4.13. The molecule has 3 heteroatoms. The van der Waals surface area contributed by atoms with Gasteiger partial charge in [-0.1, -0.05) is 114 Å². The van der Waals surface area contributed by atoms with Gasteiger partial charge in [0.1, 0.15) is 0 Å². The molecule has 0 saturated carbocycles. The molecule has 62 heavy (non-hydrogen) atoms. The molecule has 0 amide bonds. The molecule has 8 rings (SSSR count). The molecule has 0 unspecified atom stereocenters. The average Bonchev–Trinajstić information content (AvgIpc) is 3.92. The number of fused-ring (bicyclic) bond motifs is 3. The standard InChI is InChI=1S/C33H33.C21H26.C5H5.2ClH.Zr/c1-32(2,3)30-20-26-24(18-28(30)22-13-9-7-10-14-22)17-25-19-29(23-15-11-8-12-16-23)31(21-27(25)26)33(4,5)6;1-20(2,3)18-11-7-16(8-12-18)15-17-9-13-19(14-10-17)21(4,5)6;1-2-4-5-3-1;;;/h7-21H,1-6H3;7-14H,1-6H3;1-5H;2*1H;/q-1;;-1;;;+2/p-2. The van der Waals surface area contributed by atoms with Gasteiger partial charge in [0.2, 0.25) is 0 Å². The molecule has 0 nitrogen and oxygen atoms in total. The van der Waals surface area contributed by atoms with Crippen LogP contribution in [0.15, 0.2) is 170 Å². The maximum absolute atomic E-state index is 6.50. The van der Waals surface area contributed by atoms with Crippen molar-refractivity contribution in [3.63, 3.8) is 0 Å². The second-order valence-electron chi connectivity index (χ2n) is 20.6. The van der Waals surface area contributed by atoms with E-state index in [2.05, 4.69) is 223 Å². The van der Waals surface area contributed by atoms with Crippen LogP contribution in [0.5, 0.6) is 0 Å². The fraction of sp³-hybridized carbons (Fsp3) is 0.271. The molecule has 0 aliphatic heterocycles. The molecular formula is C59H64Cl2Zr-2. The fourth-order valence-electron chi connectivity index (χ4n) is 8.04. The Morgan fingerprint density at radius 3 is 1.05 bits per heavy atom. The van der Waals surface area contributed by atoms with E-state index in [9.17, 15) is 0 Å². The molecule has 8 aromatic rings. The molecule has 0 radical (unpaired) electrons. The number of hydrogen-bond acceptors (Lipinski definition) is 0. The van der Waals surface area contributed by atoms with Crippen molar-refractivity contribution in [2.45, 2.75) is 105 Å². The van der Waals surface area contributed by atoms with Gasteiger partial charge in [0.15, 0.2) is 0 Å². The van der Waals surface area contributed by atoms with E-state index in [1.54, 1.807) is 0 Å². The van der Waals surface area contributed by atoms with Crippen LogP contribution in [0.1, 0.15) is 116 Å². The van der Waals surface area contributed by atoms with E-state index in [-0.39, 0.29) is 21.7 Å². The van der Waals surface area contributed by atoms with E-state index in [1.807, 2.05) is 30.3 Å². The number of hydrogen-bond donors (Lipinski definition) is 0. The predicted molar refractivity (Wildman–Crippen MR) is 273 cm³/mol. The third-order valence-electron chi connectivity index (χ3n) is 11.6. The Kier molecular flexibility index (Phi) is 14.8. The minimum Gasteiger partial charge on any atom is -0.214 e. The first-order valence-corrected chi connectivity index (χ1v) is 29.5. The van der Waals surface area contributed by atoms with Gasteiger partial charge in [0, 0.05) is 0 Å². The van der Waals surface area contributed by atoms with Crippen molar-refractivity contribution in [2.75, 3.05) is 0 Å². The first kappa shape index (κ1) is 47.4. The van der Waals surface area contributed by atoms with Crippen LogP contribution in [0.3, 0.4) is 0 Å². The zero-order valence-electron chi connectivity index (χ0n) is 38.9. The minimum absolute atomic E-state index is 0.0554. The predicted octanol–water partition coefficient (Wildman–Crippen LogP) is 17.8. The molecule has 0 atom stereocenters. The van der Waals surface area contributed by atoms with E-state index in [1.165, 1.54) is 66.1 Å². The number of rotatable bonds is 4. The quantitative estimate of drug-likeness (QED) is 0.154. The van der Waals surface area contributed by atoms with E-state index >= 15 is 0 Å². The third kappa shape index (κ3) is 11.5. The molecule has 0 bridgehead atoms. The van der Waals surface area contributed by atoms with E-state index in [4.69, 9.17) is 17.0 Å². The van der Waals surface area contributed by atoms with Crippen molar-refractivity contribution < 1.29 is 18.9 Å². The van der Waals surface area contributed by atoms with Crippen molar-refractivity contribution in [1.29, 1.82) is 0 Å². The summed E-state index contributed by atoms with van der Waals surface area (Å²) < 4.78 is 1.15. The Bertz CT molecular complexity index is 2530. The van der Waals surface area contributed by atoms with E-state index in [0.29, 0.717) is 0 Å². The van der Waals surface area contributed by atoms with Gasteiger partial charge >= 0.3 is 162 Å².